The first-order chi connectivity index (χ1) is 6.68. The van der Waals surface area contributed by atoms with Crippen molar-refractivity contribution >= 4 is 6.03 Å². The van der Waals surface area contributed by atoms with Crippen molar-refractivity contribution in [1.82, 2.24) is 25.0 Å². The number of amides is 2. The number of carbonyl (C=O) groups excluding carboxylic acids is 1. The molecule has 76 valence electrons. The second-order valence-electron chi connectivity index (χ2n) is 3.38. The molecule has 2 rings (SSSR count). The van der Waals surface area contributed by atoms with E-state index in [4.69, 9.17) is 0 Å². The molecular formula is C8H13N5O. The minimum Gasteiger partial charge on any atom is -0.336 e. The fraction of sp³-hybridized carbons (Fsp3) is 0.625. The first-order valence-corrected chi connectivity index (χ1v) is 4.58. The van der Waals surface area contributed by atoms with Gasteiger partial charge < -0.3 is 10.2 Å². The third-order valence-electron chi connectivity index (χ3n) is 2.35. The number of urea groups is 1. The van der Waals surface area contributed by atoms with Gasteiger partial charge in [0.25, 0.3) is 0 Å². The molecule has 0 saturated carbocycles. The summed E-state index contributed by atoms with van der Waals surface area (Å²) in [6.07, 6.45) is 1.64. The zero-order chi connectivity index (χ0) is 10.1. The molecule has 0 spiro atoms. The monoisotopic (exact) mass is 195 g/mol. The Morgan fingerprint density at radius 1 is 1.64 bits per heavy atom. The van der Waals surface area contributed by atoms with E-state index >= 15 is 0 Å². The van der Waals surface area contributed by atoms with Gasteiger partial charge in [-0.3, -0.25) is 4.68 Å². The van der Waals surface area contributed by atoms with E-state index in [9.17, 15) is 4.79 Å². The van der Waals surface area contributed by atoms with Crippen LogP contribution in [-0.4, -0.2) is 38.8 Å². The Kier molecular flexibility index (Phi) is 2.11. The Labute approximate surface area is 81.9 Å². The molecule has 1 unspecified atom stereocenters. The van der Waals surface area contributed by atoms with Crippen LogP contribution in [0.3, 0.4) is 0 Å². The molecule has 6 nitrogen and oxygen atoms in total. The maximum Gasteiger partial charge on any atom is 0.318 e. The number of aryl methyl sites for hydroxylation is 1. The van der Waals surface area contributed by atoms with Crippen molar-refractivity contribution in [2.75, 3.05) is 13.1 Å². The standard InChI is InChI=1S/C8H13N5O/c1-6(7-10-5-12(2)11-7)13-4-3-9-8(13)14/h5-6H,3-4H2,1-2H3,(H,9,14). The van der Waals surface area contributed by atoms with Crippen LogP contribution in [0.15, 0.2) is 6.33 Å². The molecule has 1 fully saturated rings. The Bertz CT molecular complexity index is 347. The quantitative estimate of drug-likeness (QED) is 0.716. The van der Waals surface area contributed by atoms with Crippen molar-refractivity contribution in [3.8, 4) is 0 Å². The molecule has 0 aliphatic carbocycles. The van der Waals surface area contributed by atoms with Gasteiger partial charge in [-0.2, -0.15) is 5.10 Å². The van der Waals surface area contributed by atoms with Gasteiger partial charge in [0.1, 0.15) is 6.33 Å². The van der Waals surface area contributed by atoms with E-state index in [1.54, 1.807) is 15.9 Å². The molecule has 2 amide bonds. The van der Waals surface area contributed by atoms with Gasteiger partial charge in [-0.15, -0.1) is 0 Å². The molecule has 1 atom stereocenters. The molecule has 1 aromatic heterocycles. The first-order valence-electron chi connectivity index (χ1n) is 4.58. The smallest absolute Gasteiger partial charge is 0.318 e. The highest BCUT2D eigenvalue weighted by Gasteiger charge is 2.27. The van der Waals surface area contributed by atoms with Crippen LogP contribution in [-0.2, 0) is 7.05 Å². The highest BCUT2D eigenvalue weighted by Crippen LogP contribution is 2.17. The lowest BCUT2D eigenvalue weighted by Crippen LogP contribution is -2.31. The van der Waals surface area contributed by atoms with E-state index < -0.39 is 0 Å². The molecule has 0 bridgehead atoms. The maximum absolute atomic E-state index is 11.3. The fourth-order valence-corrected chi connectivity index (χ4v) is 1.54. The zero-order valence-corrected chi connectivity index (χ0v) is 8.27. The largest absolute Gasteiger partial charge is 0.336 e. The fourth-order valence-electron chi connectivity index (χ4n) is 1.54. The second kappa shape index (κ2) is 3.28. The first kappa shape index (κ1) is 8.98. The normalized spacial score (nSPS) is 18.4. The van der Waals surface area contributed by atoms with Crippen LogP contribution in [0.25, 0.3) is 0 Å². The van der Waals surface area contributed by atoms with Crippen LogP contribution in [0, 0.1) is 0 Å². The Morgan fingerprint density at radius 2 is 2.43 bits per heavy atom. The number of hydrogen-bond acceptors (Lipinski definition) is 3. The molecule has 1 saturated heterocycles. The summed E-state index contributed by atoms with van der Waals surface area (Å²) in [6.45, 7) is 3.36. The minimum absolute atomic E-state index is 0.0371. The van der Waals surface area contributed by atoms with Crippen molar-refractivity contribution in [3.63, 3.8) is 0 Å². The number of nitrogens with one attached hydrogen (secondary N) is 1. The van der Waals surface area contributed by atoms with E-state index in [1.807, 2.05) is 14.0 Å². The van der Waals surface area contributed by atoms with E-state index in [0.29, 0.717) is 12.4 Å². The third-order valence-corrected chi connectivity index (χ3v) is 2.35. The van der Waals surface area contributed by atoms with Crippen molar-refractivity contribution in [2.24, 2.45) is 7.05 Å². The summed E-state index contributed by atoms with van der Waals surface area (Å²) in [5.74, 6) is 0.685. The van der Waals surface area contributed by atoms with E-state index in [1.165, 1.54) is 0 Å². The average Bonchev–Trinajstić information content (AvgIpc) is 2.73. The number of carbonyl (C=O) groups is 1. The van der Waals surface area contributed by atoms with Crippen LogP contribution in [0.5, 0.6) is 0 Å². The van der Waals surface area contributed by atoms with Crippen LogP contribution in [0.4, 0.5) is 4.79 Å². The lowest BCUT2D eigenvalue weighted by molar-refractivity contribution is 0.200. The van der Waals surface area contributed by atoms with Crippen LogP contribution >= 0.6 is 0 Å². The number of aromatic nitrogens is 3. The Morgan fingerprint density at radius 3 is 2.93 bits per heavy atom. The zero-order valence-electron chi connectivity index (χ0n) is 8.27. The second-order valence-corrected chi connectivity index (χ2v) is 3.38. The molecule has 1 aromatic rings. The van der Waals surface area contributed by atoms with Gasteiger partial charge in [-0.1, -0.05) is 0 Å². The van der Waals surface area contributed by atoms with E-state index in [-0.39, 0.29) is 12.1 Å². The van der Waals surface area contributed by atoms with Crippen LogP contribution in [0.1, 0.15) is 18.8 Å². The predicted molar refractivity (Wildman–Crippen MR) is 49.5 cm³/mol. The summed E-state index contributed by atoms with van der Waals surface area (Å²) < 4.78 is 1.64. The summed E-state index contributed by atoms with van der Waals surface area (Å²) in [7, 11) is 1.81. The van der Waals surface area contributed by atoms with Gasteiger partial charge in [-0.05, 0) is 6.92 Å². The highest BCUT2D eigenvalue weighted by atomic mass is 16.2. The maximum atomic E-state index is 11.3. The van der Waals surface area contributed by atoms with Crippen LogP contribution in [0.2, 0.25) is 0 Å². The summed E-state index contributed by atoms with van der Waals surface area (Å²) in [6, 6.07) is -0.0938. The topological polar surface area (TPSA) is 63.1 Å². The van der Waals surface area contributed by atoms with Gasteiger partial charge >= 0.3 is 6.03 Å². The molecular weight excluding hydrogens is 182 g/mol. The van der Waals surface area contributed by atoms with Gasteiger partial charge in [0.2, 0.25) is 0 Å². The summed E-state index contributed by atoms with van der Waals surface area (Å²) in [5.41, 5.74) is 0. The van der Waals surface area contributed by atoms with Gasteiger partial charge in [-0.25, -0.2) is 9.78 Å². The molecule has 1 N–H and O–H groups in total. The molecule has 6 heteroatoms. The Balaban J connectivity index is 2.15. The molecule has 1 aliphatic rings. The average molecular weight is 195 g/mol. The van der Waals surface area contributed by atoms with Crippen molar-refractivity contribution in [2.45, 2.75) is 13.0 Å². The summed E-state index contributed by atoms with van der Waals surface area (Å²) in [5, 5.41) is 6.93. The van der Waals surface area contributed by atoms with Crippen molar-refractivity contribution in [3.05, 3.63) is 12.2 Å². The van der Waals surface area contributed by atoms with Crippen LogP contribution < -0.4 is 5.32 Å². The predicted octanol–water partition coefficient (Wildman–Crippen LogP) is -0.0987. The number of rotatable bonds is 2. The van der Waals surface area contributed by atoms with Crippen molar-refractivity contribution < 1.29 is 4.79 Å². The lowest BCUT2D eigenvalue weighted by atomic mass is 10.3. The van der Waals surface area contributed by atoms with Gasteiger partial charge in [0.05, 0.1) is 6.04 Å². The number of hydrogen-bond donors (Lipinski definition) is 1. The van der Waals surface area contributed by atoms with E-state index in [0.717, 1.165) is 6.54 Å². The van der Waals surface area contributed by atoms with Gasteiger partial charge in [0.15, 0.2) is 5.82 Å². The number of nitrogens with zero attached hydrogens (tertiary/aromatic N) is 4. The summed E-state index contributed by atoms with van der Waals surface area (Å²) in [4.78, 5) is 17.2. The molecule has 2 heterocycles. The summed E-state index contributed by atoms with van der Waals surface area (Å²) >= 11 is 0. The highest BCUT2D eigenvalue weighted by molar-refractivity contribution is 5.76. The molecule has 1 aliphatic heterocycles. The van der Waals surface area contributed by atoms with Gasteiger partial charge in [0, 0.05) is 20.1 Å². The SMILES string of the molecule is CC(c1ncn(C)n1)N1CCNC1=O. The lowest BCUT2D eigenvalue weighted by Gasteiger charge is -2.19. The van der Waals surface area contributed by atoms with E-state index in [2.05, 4.69) is 15.4 Å². The minimum atomic E-state index is -0.0568. The Hall–Kier alpha value is -1.59. The molecule has 0 radical (unpaired) electrons. The third kappa shape index (κ3) is 1.43. The molecule has 0 aromatic carbocycles. The molecule has 14 heavy (non-hydrogen) atoms. The van der Waals surface area contributed by atoms with Crippen molar-refractivity contribution in [1.29, 1.82) is 0 Å².